The van der Waals surface area contributed by atoms with Crippen LogP contribution < -0.4 is 0 Å². The molecule has 0 fully saturated rings. The molecule has 0 aromatic heterocycles. The van der Waals surface area contributed by atoms with Crippen molar-refractivity contribution in [1.29, 1.82) is 0 Å². The van der Waals surface area contributed by atoms with Gasteiger partial charge in [0.1, 0.15) is 7.11 Å². The van der Waals surface area contributed by atoms with Gasteiger partial charge in [-0.1, -0.05) is 47.1 Å². The normalized spacial score (nSPS) is 10.8. The van der Waals surface area contributed by atoms with E-state index in [2.05, 4.69) is 11.2 Å². The zero-order chi connectivity index (χ0) is 13.0. The largest absolute Gasteiger partial charge is 0.399 e. The molecule has 0 spiro atoms. The molecule has 2 aromatic carbocycles. The maximum atomic E-state index is 6.03. The molecule has 0 atom stereocenters. The van der Waals surface area contributed by atoms with E-state index in [0.717, 1.165) is 27.3 Å². The summed E-state index contributed by atoms with van der Waals surface area (Å²) in [6.07, 6.45) is 1.73. The molecular weight excluding hydrogens is 246 g/mol. The molecule has 0 saturated carbocycles. The molecule has 0 bridgehead atoms. The van der Waals surface area contributed by atoms with Gasteiger partial charge < -0.3 is 4.84 Å². The van der Waals surface area contributed by atoms with Crippen LogP contribution in [0.2, 0.25) is 5.02 Å². The zero-order valence-electron chi connectivity index (χ0n) is 10.4. The van der Waals surface area contributed by atoms with Gasteiger partial charge in [-0.25, -0.2) is 0 Å². The first-order chi connectivity index (χ1) is 8.72. The van der Waals surface area contributed by atoms with Gasteiger partial charge in [-0.3, -0.25) is 0 Å². The molecule has 18 heavy (non-hydrogen) atoms. The third kappa shape index (κ3) is 2.71. The molecule has 2 nitrogen and oxygen atoms in total. The first-order valence-corrected chi connectivity index (χ1v) is 6.02. The molecule has 0 aliphatic rings. The van der Waals surface area contributed by atoms with Crippen molar-refractivity contribution in [3.63, 3.8) is 0 Å². The van der Waals surface area contributed by atoms with Gasteiger partial charge >= 0.3 is 0 Å². The molecule has 0 aliphatic carbocycles. The van der Waals surface area contributed by atoms with Gasteiger partial charge in [-0.15, -0.1) is 0 Å². The van der Waals surface area contributed by atoms with Crippen LogP contribution in [0.25, 0.3) is 11.1 Å². The lowest BCUT2D eigenvalue weighted by molar-refractivity contribution is 0.215. The van der Waals surface area contributed by atoms with Crippen LogP contribution in [0.15, 0.2) is 47.6 Å². The van der Waals surface area contributed by atoms with E-state index in [1.54, 1.807) is 6.21 Å². The second kappa shape index (κ2) is 5.69. The van der Waals surface area contributed by atoms with E-state index in [9.17, 15) is 0 Å². The van der Waals surface area contributed by atoms with Crippen molar-refractivity contribution in [2.45, 2.75) is 6.92 Å². The standard InChI is InChI=1S/C15H14ClNO/c1-11-5-3-8-14(15(11)10-17-18-2)12-6-4-7-13(16)9-12/h3-10H,1-2H3/b17-10+. The predicted octanol–water partition coefficient (Wildman–Crippen LogP) is 4.30. The number of nitrogens with zero attached hydrogens (tertiary/aromatic N) is 1. The molecule has 3 heteroatoms. The highest BCUT2D eigenvalue weighted by Gasteiger charge is 2.06. The Morgan fingerprint density at radius 3 is 2.67 bits per heavy atom. The Morgan fingerprint density at radius 1 is 1.17 bits per heavy atom. The van der Waals surface area contributed by atoms with Gasteiger partial charge in [0.15, 0.2) is 0 Å². The van der Waals surface area contributed by atoms with E-state index in [4.69, 9.17) is 16.4 Å². The maximum absolute atomic E-state index is 6.03. The van der Waals surface area contributed by atoms with Crippen molar-refractivity contribution >= 4 is 17.8 Å². The molecule has 0 amide bonds. The van der Waals surface area contributed by atoms with Gasteiger partial charge in [-0.2, -0.15) is 0 Å². The van der Waals surface area contributed by atoms with Gasteiger partial charge in [0.25, 0.3) is 0 Å². The average molecular weight is 260 g/mol. The number of halogens is 1. The summed E-state index contributed by atoms with van der Waals surface area (Å²) in [5, 5.41) is 4.58. The van der Waals surface area contributed by atoms with Crippen LogP contribution in [0.3, 0.4) is 0 Å². The molecule has 0 N–H and O–H groups in total. The molecule has 0 radical (unpaired) electrons. The van der Waals surface area contributed by atoms with E-state index < -0.39 is 0 Å². The molecule has 92 valence electrons. The first kappa shape index (κ1) is 12.7. The van der Waals surface area contributed by atoms with E-state index in [1.807, 2.05) is 43.3 Å². The summed E-state index contributed by atoms with van der Waals surface area (Å²) in [4.78, 5) is 4.76. The summed E-state index contributed by atoms with van der Waals surface area (Å²) < 4.78 is 0. The lowest BCUT2D eigenvalue weighted by atomic mass is 9.97. The van der Waals surface area contributed by atoms with Gasteiger partial charge in [-0.05, 0) is 35.7 Å². The summed E-state index contributed by atoms with van der Waals surface area (Å²) in [6.45, 7) is 2.05. The van der Waals surface area contributed by atoms with Crippen molar-refractivity contribution in [3.8, 4) is 11.1 Å². The van der Waals surface area contributed by atoms with Crippen LogP contribution in [-0.4, -0.2) is 13.3 Å². The van der Waals surface area contributed by atoms with Crippen molar-refractivity contribution in [2.24, 2.45) is 5.16 Å². The molecule has 0 saturated heterocycles. The SMILES string of the molecule is CO/N=C/c1c(C)cccc1-c1cccc(Cl)c1. The highest BCUT2D eigenvalue weighted by Crippen LogP contribution is 2.27. The van der Waals surface area contributed by atoms with Crippen LogP contribution in [-0.2, 0) is 4.84 Å². The topological polar surface area (TPSA) is 21.6 Å². The number of rotatable bonds is 3. The van der Waals surface area contributed by atoms with E-state index in [-0.39, 0.29) is 0 Å². The maximum Gasteiger partial charge on any atom is 0.106 e. The monoisotopic (exact) mass is 259 g/mol. The molecule has 0 heterocycles. The third-order valence-corrected chi connectivity index (χ3v) is 2.98. The van der Waals surface area contributed by atoms with Crippen molar-refractivity contribution in [3.05, 3.63) is 58.6 Å². The van der Waals surface area contributed by atoms with Crippen molar-refractivity contribution in [1.82, 2.24) is 0 Å². The minimum absolute atomic E-state index is 0.726. The van der Waals surface area contributed by atoms with Crippen molar-refractivity contribution in [2.75, 3.05) is 7.11 Å². The minimum atomic E-state index is 0.726. The van der Waals surface area contributed by atoms with Gasteiger partial charge in [0, 0.05) is 10.6 Å². The lowest BCUT2D eigenvalue weighted by Crippen LogP contribution is -1.92. The number of oxime groups is 1. The molecular formula is C15H14ClNO. The number of hydrogen-bond donors (Lipinski definition) is 0. The van der Waals surface area contributed by atoms with Crippen LogP contribution in [0, 0.1) is 6.92 Å². The fraction of sp³-hybridized carbons (Fsp3) is 0.133. The summed E-state index contributed by atoms with van der Waals surface area (Å²) in [5.41, 5.74) is 4.36. The smallest absolute Gasteiger partial charge is 0.106 e. The fourth-order valence-corrected chi connectivity index (χ4v) is 2.06. The third-order valence-electron chi connectivity index (χ3n) is 2.75. The average Bonchev–Trinajstić information content (AvgIpc) is 2.37. The summed E-state index contributed by atoms with van der Waals surface area (Å²) >= 11 is 6.03. The second-order valence-electron chi connectivity index (χ2n) is 3.96. The Bertz CT molecular complexity index is 578. The zero-order valence-corrected chi connectivity index (χ0v) is 11.1. The highest BCUT2D eigenvalue weighted by atomic mass is 35.5. The summed E-state index contributed by atoms with van der Waals surface area (Å²) in [5.74, 6) is 0. The number of benzene rings is 2. The lowest BCUT2D eigenvalue weighted by Gasteiger charge is -2.09. The van der Waals surface area contributed by atoms with Crippen LogP contribution in [0.1, 0.15) is 11.1 Å². The molecule has 0 unspecified atom stereocenters. The van der Waals surface area contributed by atoms with Gasteiger partial charge in [0.2, 0.25) is 0 Å². The van der Waals surface area contributed by atoms with E-state index in [1.165, 1.54) is 7.11 Å². The Balaban J connectivity index is 2.57. The van der Waals surface area contributed by atoms with Gasteiger partial charge in [0.05, 0.1) is 6.21 Å². The minimum Gasteiger partial charge on any atom is -0.399 e. The first-order valence-electron chi connectivity index (χ1n) is 5.64. The van der Waals surface area contributed by atoms with E-state index >= 15 is 0 Å². The Morgan fingerprint density at radius 2 is 1.94 bits per heavy atom. The summed E-state index contributed by atoms with van der Waals surface area (Å²) in [6, 6.07) is 13.9. The van der Waals surface area contributed by atoms with Crippen LogP contribution in [0.4, 0.5) is 0 Å². The van der Waals surface area contributed by atoms with Crippen molar-refractivity contribution < 1.29 is 4.84 Å². The Kier molecular flexibility index (Phi) is 4.00. The van der Waals surface area contributed by atoms with Crippen LogP contribution in [0.5, 0.6) is 0 Å². The quantitative estimate of drug-likeness (QED) is 0.595. The highest BCUT2D eigenvalue weighted by molar-refractivity contribution is 6.30. The number of aryl methyl sites for hydroxylation is 1. The predicted molar refractivity (Wildman–Crippen MR) is 76.2 cm³/mol. The fourth-order valence-electron chi connectivity index (χ4n) is 1.87. The molecule has 0 aliphatic heterocycles. The Labute approximate surface area is 112 Å². The van der Waals surface area contributed by atoms with Crippen LogP contribution >= 0.6 is 11.6 Å². The second-order valence-corrected chi connectivity index (χ2v) is 4.40. The number of hydrogen-bond acceptors (Lipinski definition) is 2. The summed E-state index contributed by atoms with van der Waals surface area (Å²) in [7, 11) is 1.54. The molecule has 2 aromatic rings. The molecule has 2 rings (SSSR count). The van der Waals surface area contributed by atoms with E-state index in [0.29, 0.717) is 0 Å². The Hall–Kier alpha value is -1.80.